The highest BCUT2D eigenvalue weighted by Gasteiger charge is 2.46. The standard InChI is InChI=1S/C9H14N2O4.C2H8N2/c1-5(12)9(10,6(2)13)11(7(3)14)8(4)15;3-1-2-4/h10H2,1-4H3;1-4H2. The van der Waals surface area contributed by atoms with Crippen LogP contribution in [0.25, 0.3) is 0 Å². The van der Waals surface area contributed by atoms with Crippen LogP contribution in [0.3, 0.4) is 0 Å². The van der Waals surface area contributed by atoms with Crippen LogP contribution >= 0.6 is 0 Å². The third-order valence-corrected chi connectivity index (χ3v) is 2.22. The quantitative estimate of drug-likeness (QED) is 0.401. The number of Topliss-reactive ketones (excluding diaryl/α,β-unsaturated/α-hetero) is 2. The minimum absolute atomic E-state index is 0.470. The van der Waals surface area contributed by atoms with Gasteiger partial charge in [-0.05, 0) is 13.8 Å². The molecule has 0 radical (unpaired) electrons. The van der Waals surface area contributed by atoms with Gasteiger partial charge in [-0.1, -0.05) is 0 Å². The van der Waals surface area contributed by atoms with E-state index in [0.717, 1.165) is 27.7 Å². The topological polar surface area (TPSA) is 150 Å². The lowest BCUT2D eigenvalue weighted by Crippen LogP contribution is -2.68. The maximum absolute atomic E-state index is 11.3. The predicted octanol–water partition coefficient (Wildman–Crippen LogP) is -1.88. The Bertz CT molecular complexity index is 338. The van der Waals surface area contributed by atoms with Crippen molar-refractivity contribution in [3.05, 3.63) is 0 Å². The van der Waals surface area contributed by atoms with Crippen LogP contribution in [0.1, 0.15) is 27.7 Å². The minimum atomic E-state index is -2.18. The fraction of sp³-hybridized carbons (Fsp3) is 0.636. The maximum atomic E-state index is 11.3. The van der Waals surface area contributed by atoms with E-state index in [1.54, 1.807) is 0 Å². The first-order valence-electron chi connectivity index (χ1n) is 5.59. The summed E-state index contributed by atoms with van der Waals surface area (Å²) in [6, 6.07) is 0. The van der Waals surface area contributed by atoms with Crippen molar-refractivity contribution in [3.8, 4) is 0 Å². The second-order valence-electron chi connectivity index (χ2n) is 3.83. The third kappa shape index (κ3) is 5.25. The van der Waals surface area contributed by atoms with Crippen LogP contribution in [0, 0.1) is 0 Å². The van der Waals surface area contributed by atoms with Crippen molar-refractivity contribution < 1.29 is 19.2 Å². The van der Waals surface area contributed by atoms with Crippen LogP contribution in [-0.2, 0) is 19.2 Å². The van der Waals surface area contributed by atoms with Gasteiger partial charge in [-0.2, -0.15) is 0 Å². The number of hydrogen-bond acceptors (Lipinski definition) is 7. The highest BCUT2D eigenvalue weighted by molar-refractivity contribution is 6.15. The van der Waals surface area contributed by atoms with Gasteiger partial charge in [0.2, 0.25) is 17.5 Å². The molecular weight excluding hydrogens is 252 g/mol. The number of nitrogens with zero attached hydrogens (tertiary/aromatic N) is 1. The Morgan fingerprint density at radius 2 is 1.11 bits per heavy atom. The number of ketones is 2. The zero-order chi connectivity index (χ0) is 15.8. The van der Waals surface area contributed by atoms with Crippen molar-refractivity contribution in [2.75, 3.05) is 13.1 Å². The number of amides is 2. The van der Waals surface area contributed by atoms with Gasteiger partial charge >= 0.3 is 0 Å². The SMILES string of the molecule is CC(=O)N(C(C)=O)C(N)(C(C)=O)C(C)=O.NCCN. The van der Waals surface area contributed by atoms with E-state index in [4.69, 9.17) is 17.2 Å². The number of rotatable bonds is 4. The van der Waals surface area contributed by atoms with Crippen molar-refractivity contribution in [1.82, 2.24) is 4.90 Å². The van der Waals surface area contributed by atoms with Crippen molar-refractivity contribution >= 4 is 23.4 Å². The van der Waals surface area contributed by atoms with Crippen LogP contribution in [0.5, 0.6) is 0 Å². The van der Waals surface area contributed by atoms with Crippen LogP contribution in [-0.4, -0.2) is 47.0 Å². The van der Waals surface area contributed by atoms with Crippen LogP contribution in [0.2, 0.25) is 0 Å². The Labute approximate surface area is 112 Å². The molecule has 0 aliphatic rings. The van der Waals surface area contributed by atoms with E-state index < -0.39 is 29.0 Å². The van der Waals surface area contributed by atoms with E-state index in [9.17, 15) is 19.2 Å². The van der Waals surface area contributed by atoms with Gasteiger partial charge in [0.25, 0.3) is 0 Å². The van der Waals surface area contributed by atoms with Gasteiger partial charge in [-0.3, -0.25) is 24.9 Å². The summed E-state index contributed by atoms with van der Waals surface area (Å²) in [6.07, 6.45) is 0. The van der Waals surface area contributed by atoms with E-state index in [0.29, 0.717) is 18.0 Å². The van der Waals surface area contributed by atoms with Crippen molar-refractivity contribution in [2.45, 2.75) is 33.4 Å². The van der Waals surface area contributed by atoms with E-state index in [1.165, 1.54) is 0 Å². The van der Waals surface area contributed by atoms with Crippen LogP contribution in [0.4, 0.5) is 0 Å². The number of imide groups is 1. The first kappa shape index (κ1) is 19.7. The molecular formula is C11H22N4O4. The van der Waals surface area contributed by atoms with Gasteiger partial charge in [-0.25, -0.2) is 4.90 Å². The highest BCUT2D eigenvalue weighted by Crippen LogP contribution is 2.13. The molecule has 0 aliphatic carbocycles. The van der Waals surface area contributed by atoms with Gasteiger partial charge in [-0.15, -0.1) is 0 Å². The summed E-state index contributed by atoms with van der Waals surface area (Å²) in [4.78, 5) is 45.3. The Morgan fingerprint density at radius 1 is 0.842 bits per heavy atom. The van der Waals surface area contributed by atoms with Gasteiger partial charge in [0.1, 0.15) is 0 Å². The van der Waals surface area contributed by atoms with Gasteiger partial charge in [0.05, 0.1) is 0 Å². The molecule has 8 heteroatoms. The molecule has 0 heterocycles. The van der Waals surface area contributed by atoms with Crippen molar-refractivity contribution in [2.24, 2.45) is 17.2 Å². The molecule has 0 bridgehead atoms. The fourth-order valence-electron chi connectivity index (χ4n) is 1.28. The third-order valence-electron chi connectivity index (χ3n) is 2.22. The average Bonchev–Trinajstić information content (AvgIpc) is 2.27. The molecule has 0 aromatic rings. The summed E-state index contributed by atoms with van der Waals surface area (Å²) >= 11 is 0. The molecule has 0 fully saturated rings. The lowest BCUT2D eigenvalue weighted by atomic mass is 9.99. The summed E-state index contributed by atoms with van der Waals surface area (Å²) in [7, 11) is 0. The normalized spacial score (nSPS) is 10.1. The molecule has 0 saturated carbocycles. The molecule has 19 heavy (non-hydrogen) atoms. The number of carbonyl (C=O) groups excluding carboxylic acids is 4. The molecule has 0 rings (SSSR count). The van der Waals surface area contributed by atoms with Crippen molar-refractivity contribution in [3.63, 3.8) is 0 Å². The summed E-state index contributed by atoms with van der Waals surface area (Å²) < 4.78 is 0. The smallest absolute Gasteiger partial charge is 0.228 e. The Morgan fingerprint density at radius 3 is 1.16 bits per heavy atom. The summed E-state index contributed by atoms with van der Waals surface area (Å²) in [5.74, 6) is -2.98. The molecule has 8 nitrogen and oxygen atoms in total. The van der Waals surface area contributed by atoms with E-state index in [2.05, 4.69) is 0 Å². The molecule has 0 unspecified atom stereocenters. The van der Waals surface area contributed by atoms with Gasteiger partial charge in [0.15, 0.2) is 11.6 Å². The zero-order valence-electron chi connectivity index (χ0n) is 11.7. The minimum Gasteiger partial charge on any atom is -0.329 e. The van der Waals surface area contributed by atoms with Crippen LogP contribution in [0.15, 0.2) is 0 Å². The molecule has 0 spiro atoms. The van der Waals surface area contributed by atoms with Gasteiger partial charge < -0.3 is 11.5 Å². The van der Waals surface area contributed by atoms with Crippen LogP contribution < -0.4 is 17.2 Å². The molecule has 0 aromatic heterocycles. The van der Waals surface area contributed by atoms with E-state index in [1.807, 2.05) is 0 Å². The molecule has 0 saturated heterocycles. The number of hydrogen-bond donors (Lipinski definition) is 3. The Balaban J connectivity index is 0. The Hall–Kier alpha value is -1.64. The largest absolute Gasteiger partial charge is 0.329 e. The maximum Gasteiger partial charge on any atom is 0.228 e. The molecule has 110 valence electrons. The summed E-state index contributed by atoms with van der Waals surface area (Å²) in [5.41, 5.74) is 13.1. The first-order valence-corrected chi connectivity index (χ1v) is 5.59. The van der Waals surface area contributed by atoms with Crippen molar-refractivity contribution in [1.29, 1.82) is 0 Å². The lowest BCUT2D eigenvalue weighted by Gasteiger charge is -2.33. The predicted molar refractivity (Wildman–Crippen MR) is 69.6 cm³/mol. The summed E-state index contributed by atoms with van der Waals surface area (Å²) in [6.45, 7) is 5.43. The summed E-state index contributed by atoms with van der Waals surface area (Å²) in [5, 5.41) is 0. The number of carbonyl (C=O) groups is 4. The monoisotopic (exact) mass is 274 g/mol. The molecule has 0 atom stereocenters. The second-order valence-corrected chi connectivity index (χ2v) is 3.83. The molecule has 6 N–H and O–H groups in total. The van der Waals surface area contributed by atoms with E-state index >= 15 is 0 Å². The first-order chi connectivity index (χ1) is 8.57. The lowest BCUT2D eigenvalue weighted by molar-refractivity contribution is -0.160. The van der Waals surface area contributed by atoms with E-state index in [-0.39, 0.29) is 0 Å². The number of nitrogens with two attached hydrogens (primary N) is 3. The fourth-order valence-corrected chi connectivity index (χ4v) is 1.28. The molecule has 0 aromatic carbocycles. The molecule has 2 amide bonds. The second kappa shape index (κ2) is 8.46. The average molecular weight is 274 g/mol. The molecule has 0 aliphatic heterocycles. The highest BCUT2D eigenvalue weighted by atomic mass is 16.2. The Kier molecular flexibility index (Phi) is 8.77. The zero-order valence-corrected chi connectivity index (χ0v) is 11.7. The van der Waals surface area contributed by atoms with Gasteiger partial charge in [0, 0.05) is 26.9 Å².